The Bertz CT molecular complexity index is 604. The highest BCUT2D eigenvalue weighted by Crippen LogP contribution is 2.32. The monoisotopic (exact) mass is 295 g/mol. The van der Waals surface area contributed by atoms with Gasteiger partial charge in [0.2, 0.25) is 0 Å². The van der Waals surface area contributed by atoms with Crippen LogP contribution in [0.3, 0.4) is 0 Å². The first kappa shape index (κ1) is 15.8. The fraction of sp³-hybridized carbons (Fsp3) is 0.412. The summed E-state index contributed by atoms with van der Waals surface area (Å²) < 4.78 is 38.3. The van der Waals surface area contributed by atoms with Crippen molar-refractivity contribution in [2.24, 2.45) is 5.73 Å². The summed E-state index contributed by atoms with van der Waals surface area (Å²) in [6.07, 6.45) is -0.237. The lowest BCUT2D eigenvalue weighted by molar-refractivity contribution is -0.149. The van der Waals surface area contributed by atoms with E-state index in [0.29, 0.717) is 0 Å². The zero-order valence-electron chi connectivity index (χ0n) is 12.1. The number of aryl methyl sites for hydroxylation is 1. The smallest absolute Gasteiger partial charge is 0.316 e. The van der Waals surface area contributed by atoms with Crippen molar-refractivity contribution in [3.05, 3.63) is 47.5 Å². The largest absolute Gasteiger partial charge is 0.407 e. The molecule has 4 heteroatoms. The molecule has 0 spiro atoms. The van der Waals surface area contributed by atoms with E-state index in [4.69, 9.17) is 5.73 Å². The van der Waals surface area contributed by atoms with E-state index in [1.165, 1.54) is 6.07 Å². The molecule has 1 atom stereocenters. The minimum absolute atomic E-state index is 0.123. The van der Waals surface area contributed by atoms with Crippen LogP contribution in [0.2, 0.25) is 0 Å². The first-order valence-corrected chi connectivity index (χ1v) is 7.27. The molecule has 21 heavy (non-hydrogen) atoms. The number of halogens is 3. The highest BCUT2D eigenvalue weighted by Gasteiger charge is 2.37. The van der Waals surface area contributed by atoms with Crippen LogP contribution in [0.5, 0.6) is 0 Å². The van der Waals surface area contributed by atoms with Gasteiger partial charge in [-0.3, -0.25) is 0 Å². The Hall–Kier alpha value is -1.55. The molecule has 2 aromatic rings. The predicted octanol–water partition coefficient (Wildman–Crippen LogP) is 5.13. The van der Waals surface area contributed by atoms with Gasteiger partial charge in [-0.25, -0.2) is 0 Å². The molecule has 0 fully saturated rings. The topological polar surface area (TPSA) is 26.0 Å². The van der Waals surface area contributed by atoms with Gasteiger partial charge in [-0.2, -0.15) is 13.2 Å². The summed E-state index contributed by atoms with van der Waals surface area (Å²) in [5, 5.41) is 1.84. The number of fused-ring (bicyclic) bond motifs is 1. The van der Waals surface area contributed by atoms with Crippen molar-refractivity contribution < 1.29 is 13.2 Å². The fourth-order valence-corrected chi connectivity index (χ4v) is 2.52. The zero-order valence-corrected chi connectivity index (χ0v) is 12.1. The van der Waals surface area contributed by atoms with E-state index in [2.05, 4.69) is 6.92 Å². The van der Waals surface area contributed by atoms with Crippen molar-refractivity contribution in [3.63, 3.8) is 0 Å². The van der Waals surface area contributed by atoms with E-state index < -0.39 is 12.2 Å². The molecule has 0 aromatic heterocycles. The van der Waals surface area contributed by atoms with Crippen molar-refractivity contribution >= 4 is 10.8 Å². The maximum atomic E-state index is 12.8. The fourth-order valence-electron chi connectivity index (χ4n) is 2.52. The van der Waals surface area contributed by atoms with Crippen molar-refractivity contribution in [2.45, 2.75) is 44.8 Å². The normalized spacial score (nSPS) is 13.6. The van der Waals surface area contributed by atoms with Crippen molar-refractivity contribution in [1.82, 2.24) is 0 Å². The highest BCUT2D eigenvalue weighted by molar-refractivity contribution is 5.86. The van der Waals surface area contributed by atoms with Crippen LogP contribution in [0.4, 0.5) is 13.2 Å². The van der Waals surface area contributed by atoms with Crippen LogP contribution in [0.15, 0.2) is 36.4 Å². The molecule has 0 bridgehead atoms. The maximum Gasteiger partial charge on any atom is 0.407 e. The molecule has 0 aliphatic heterocycles. The second-order valence-electron chi connectivity index (χ2n) is 5.37. The third kappa shape index (κ3) is 3.76. The zero-order chi connectivity index (χ0) is 15.5. The van der Waals surface area contributed by atoms with Gasteiger partial charge in [0, 0.05) is 0 Å². The van der Waals surface area contributed by atoms with Gasteiger partial charge in [0.05, 0.1) is 0 Å². The van der Waals surface area contributed by atoms with E-state index in [9.17, 15) is 13.2 Å². The van der Waals surface area contributed by atoms with Crippen LogP contribution in [-0.2, 0) is 6.42 Å². The number of unbranched alkanes of at least 4 members (excludes halogenated alkanes) is 2. The van der Waals surface area contributed by atoms with Crippen LogP contribution in [0.25, 0.3) is 10.8 Å². The molecule has 0 heterocycles. The van der Waals surface area contributed by atoms with E-state index >= 15 is 0 Å². The molecular weight excluding hydrogens is 275 g/mol. The summed E-state index contributed by atoms with van der Waals surface area (Å²) in [5.74, 6) is 0. The van der Waals surface area contributed by atoms with Crippen LogP contribution in [-0.4, -0.2) is 6.18 Å². The third-order valence-electron chi connectivity index (χ3n) is 3.76. The number of alkyl halides is 3. The summed E-state index contributed by atoms with van der Waals surface area (Å²) in [6.45, 7) is 2.13. The van der Waals surface area contributed by atoms with Crippen LogP contribution in [0, 0.1) is 0 Å². The van der Waals surface area contributed by atoms with Gasteiger partial charge in [0.1, 0.15) is 6.04 Å². The summed E-state index contributed by atoms with van der Waals surface area (Å²) in [4.78, 5) is 0. The van der Waals surface area contributed by atoms with Crippen LogP contribution in [0.1, 0.15) is 43.4 Å². The SMILES string of the molecule is CCCCCc1cccc2ccc([C@H](N)C(F)(F)F)cc12. The van der Waals surface area contributed by atoms with E-state index in [-0.39, 0.29) is 5.56 Å². The number of rotatable bonds is 5. The van der Waals surface area contributed by atoms with Gasteiger partial charge in [-0.15, -0.1) is 0 Å². The number of hydrogen-bond donors (Lipinski definition) is 1. The van der Waals surface area contributed by atoms with E-state index in [0.717, 1.165) is 42.0 Å². The Morgan fingerprint density at radius 1 is 1.10 bits per heavy atom. The molecule has 114 valence electrons. The predicted molar refractivity (Wildman–Crippen MR) is 80.2 cm³/mol. The molecule has 0 aliphatic rings. The molecule has 0 saturated heterocycles. The molecule has 0 aliphatic carbocycles. The van der Waals surface area contributed by atoms with Crippen LogP contribution >= 0.6 is 0 Å². The summed E-state index contributed by atoms with van der Waals surface area (Å²) >= 11 is 0. The quantitative estimate of drug-likeness (QED) is 0.760. The molecule has 2 rings (SSSR count). The summed E-state index contributed by atoms with van der Waals surface area (Å²) in [7, 11) is 0. The number of benzene rings is 2. The van der Waals surface area contributed by atoms with E-state index in [1.54, 1.807) is 12.1 Å². The maximum absolute atomic E-state index is 12.8. The second kappa shape index (κ2) is 6.48. The molecule has 2 aromatic carbocycles. The Morgan fingerprint density at radius 3 is 2.52 bits per heavy atom. The van der Waals surface area contributed by atoms with Gasteiger partial charge in [-0.05, 0) is 40.8 Å². The molecule has 2 N–H and O–H groups in total. The Balaban J connectivity index is 2.38. The Morgan fingerprint density at radius 2 is 1.86 bits per heavy atom. The minimum Gasteiger partial charge on any atom is -0.316 e. The molecule has 0 amide bonds. The average Bonchev–Trinajstić information content (AvgIpc) is 2.45. The lowest BCUT2D eigenvalue weighted by atomic mass is 9.96. The number of hydrogen-bond acceptors (Lipinski definition) is 1. The lowest BCUT2D eigenvalue weighted by Crippen LogP contribution is -2.28. The van der Waals surface area contributed by atoms with Crippen molar-refractivity contribution in [2.75, 3.05) is 0 Å². The van der Waals surface area contributed by atoms with Crippen molar-refractivity contribution in [1.29, 1.82) is 0 Å². The number of nitrogens with two attached hydrogens (primary N) is 1. The minimum atomic E-state index is -4.41. The second-order valence-corrected chi connectivity index (χ2v) is 5.37. The molecular formula is C17H20F3N. The molecule has 0 saturated carbocycles. The first-order chi connectivity index (χ1) is 9.93. The first-order valence-electron chi connectivity index (χ1n) is 7.27. The van der Waals surface area contributed by atoms with Gasteiger partial charge in [-0.1, -0.05) is 50.1 Å². The van der Waals surface area contributed by atoms with Crippen LogP contribution < -0.4 is 5.73 Å². The highest BCUT2D eigenvalue weighted by atomic mass is 19.4. The lowest BCUT2D eigenvalue weighted by Gasteiger charge is -2.17. The van der Waals surface area contributed by atoms with Crippen molar-refractivity contribution in [3.8, 4) is 0 Å². The Kier molecular flexibility index (Phi) is 4.88. The third-order valence-corrected chi connectivity index (χ3v) is 3.76. The van der Waals surface area contributed by atoms with Gasteiger partial charge in [0.15, 0.2) is 0 Å². The standard InChI is InChI=1S/C17H20F3N/c1-2-3-4-6-12-7-5-8-13-9-10-14(11-15(12)13)16(21)17(18,19)20/h5,7-11,16H,2-4,6,21H2,1H3/t16-/m0/s1. The summed E-state index contributed by atoms with van der Waals surface area (Å²) in [5.41, 5.74) is 6.53. The molecule has 1 nitrogen and oxygen atoms in total. The van der Waals surface area contributed by atoms with E-state index in [1.807, 2.05) is 18.2 Å². The average molecular weight is 295 g/mol. The Labute approximate surface area is 123 Å². The van der Waals surface area contributed by atoms with Gasteiger partial charge < -0.3 is 5.73 Å². The van der Waals surface area contributed by atoms with Gasteiger partial charge >= 0.3 is 6.18 Å². The van der Waals surface area contributed by atoms with Gasteiger partial charge in [0.25, 0.3) is 0 Å². The summed E-state index contributed by atoms with van der Waals surface area (Å²) in [6, 6.07) is 8.71. The molecule has 0 radical (unpaired) electrons. The molecule has 0 unspecified atom stereocenters.